The van der Waals surface area contributed by atoms with Crippen molar-refractivity contribution in [2.75, 3.05) is 5.32 Å². The van der Waals surface area contributed by atoms with Crippen LogP contribution in [0.5, 0.6) is 0 Å². The summed E-state index contributed by atoms with van der Waals surface area (Å²) >= 11 is 0. The Hall–Kier alpha value is -2.50. The highest BCUT2D eigenvalue weighted by atomic mass is 16.4. The summed E-state index contributed by atoms with van der Waals surface area (Å²) in [5, 5.41) is 12.0. The predicted octanol–water partition coefficient (Wildman–Crippen LogP) is 1.91. The number of rotatable bonds is 4. The Morgan fingerprint density at radius 3 is 2.95 bits per heavy atom. The number of carbonyl (C=O) groups is 1. The van der Waals surface area contributed by atoms with Crippen molar-refractivity contribution in [2.24, 2.45) is 0 Å². The minimum atomic E-state index is -0.900. The molecule has 0 aromatic carbocycles. The molecule has 0 aliphatic heterocycles. The molecule has 0 bridgehead atoms. The first kappa shape index (κ1) is 13.5. The molecule has 1 aliphatic rings. The summed E-state index contributed by atoms with van der Waals surface area (Å²) in [6.07, 6.45) is 6.22. The second-order valence-corrected chi connectivity index (χ2v) is 5.12. The number of carboxylic acid groups (broad SMARTS) is 1. The standard InChI is InChI=1S/C15H16N4O2/c1-9(15(20)21)17-14-11-5-2-6-12(11)18-13(19-14)10-4-3-7-16-8-10/h3-4,7-9H,2,5-6H2,1H3,(H,20,21)(H,17,18,19). The number of hydrogen-bond acceptors (Lipinski definition) is 5. The number of anilines is 1. The van der Waals surface area contributed by atoms with E-state index in [1.165, 1.54) is 0 Å². The van der Waals surface area contributed by atoms with Gasteiger partial charge >= 0.3 is 5.97 Å². The van der Waals surface area contributed by atoms with Crippen LogP contribution in [0.25, 0.3) is 11.4 Å². The molecule has 2 N–H and O–H groups in total. The van der Waals surface area contributed by atoms with E-state index >= 15 is 0 Å². The predicted molar refractivity (Wildman–Crippen MR) is 78.0 cm³/mol. The SMILES string of the molecule is CC(Nc1nc(-c2cccnc2)nc2c1CCC2)C(=O)O. The van der Waals surface area contributed by atoms with Gasteiger partial charge < -0.3 is 10.4 Å². The molecular weight excluding hydrogens is 268 g/mol. The smallest absolute Gasteiger partial charge is 0.325 e. The maximum absolute atomic E-state index is 11.0. The minimum absolute atomic E-state index is 0.587. The van der Waals surface area contributed by atoms with E-state index in [1.807, 2.05) is 12.1 Å². The van der Waals surface area contributed by atoms with E-state index in [2.05, 4.69) is 20.3 Å². The van der Waals surface area contributed by atoms with Gasteiger partial charge in [0.25, 0.3) is 0 Å². The fraction of sp³-hybridized carbons (Fsp3) is 0.333. The number of carboxylic acids is 1. The van der Waals surface area contributed by atoms with Crippen molar-refractivity contribution in [1.82, 2.24) is 15.0 Å². The van der Waals surface area contributed by atoms with Crippen LogP contribution in [0.15, 0.2) is 24.5 Å². The summed E-state index contributed by atoms with van der Waals surface area (Å²) in [6, 6.07) is 3.04. The molecular formula is C15H16N4O2. The third kappa shape index (κ3) is 2.69. The van der Waals surface area contributed by atoms with Crippen LogP contribution >= 0.6 is 0 Å². The Morgan fingerprint density at radius 1 is 1.38 bits per heavy atom. The lowest BCUT2D eigenvalue weighted by atomic mass is 10.2. The molecule has 2 aromatic rings. The first-order valence-corrected chi connectivity index (χ1v) is 6.94. The molecule has 1 unspecified atom stereocenters. The molecule has 1 aliphatic carbocycles. The second kappa shape index (κ2) is 5.47. The average molecular weight is 284 g/mol. The Labute approximate surface area is 122 Å². The van der Waals surface area contributed by atoms with Crippen LogP contribution in [-0.4, -0.2) is 32.1 Å². The molecule has 0 saturated carbocycles. The van der Waals surface area contributed by atoms with Crippen LogP contribution < -0.4 is 5.32 Å². The zero-order valence-corrected chi connectivity index (χ0v) is 11.7. The first-order valence-electron chi connectivity index (χ1n) is 6.94. The van der Waals surface area contributed by atoms with Crippen molar-refractivity contribution < 1.29 is 9.90 Å². The lowest BCUT2D eigenvalue weighted by Crippen LogP contribution is -2.26. The Balaban J connectivity index is 2.03. The normalized spacial score (nSPS) is 14.5. The van der Waals surface area contributed by atoms with Gasteiger partial charge in [0.2, 0.25) is 0 Å². The summed E-state index contributed by atoms with van der Waals surface area (Å²) in [6.45, 7) is 1.61. The zero-order chi connectivity index (χ0) is 14.8. The topological polar surface area (TPSA) is 88.0 Å². The van der Waals surface area contributed by atoms with E-state index < -0.39 is 12.0 Å². The van der Waals surface area contributed by atoms with Gasteiger partial charge in [-0.05, 0) is 38.3 Å². The summed E-state index contributed by atoms with van der Waals surface area (Å²) in [5.74, 6) is 0.318. The molecule has 0 saturated heterocycles. The largest absolute Gasteiger partial charge is 0.480 e. The van der Waals surface area contributed by atoms with Gasteiger partial charge in [0.05, 0.1) is 0 Å². The number of nitrogens with one attached hydrogen (secondary N) is 1. The molecule has 0 fully saturated rings. The van der Waals surface area contributed by atoms with Crippen LogP contribution in [0.4, 0.5) is 5.82 Å². The molecule has 3 rings (SSSR count). The lowest BCUT2D eigenvalue weighted by molar-refractivity contribution is -0.137. The third-order valence-electron chi connectivity index (χ3n) is 3.58. The summed E-state index contributed by atoms with van der Waals surface area (Å²) in [7, 11) is 0. The molecule has 0 spiro atoms. The van der Waals surface area contributed by atoms with Gasteiger partial charge in [0, 0.05) is 29.2 Å². The second-order valence-electron chi connectivity index (χ2n) is 5.12. The van der Waals surface area contributed by atoms with Gasteiger partial charge in [-0.3, -0.25) is 9.78 Å². The average Bonchev–Trinajstić information content (AvgIpc) is 2.96. The van der Waals surface area contributed by atoms with E-state index in [-0.39, 0.29) is 0 Å². The Bertz CT molecular complexity index is 673. The van der Waals surface area contributed by atoms with Gasteiger partial charge in [-0.15, -0.1) is 0 Å². The number of hydrogen-bond donors (Lipinski definition) is 2. The van der Waals surface area contributed by atoms with Crippen molar-refractivity contribution in [3.63, 3.8) is 0 Å². The van der Waals surface area contributed by atoms with E-state index in [4.69, 9.17) is 5.11 Å². The van der Waals surface area contributed by atoms with Gasteiger partial charge in [-0.1, -0.05) is 0 Å². The monoisotopic (exact) mass is 284 g/mol. The highest BCUT2D eigenvalue weighted by Crippen LogP contribution is 2.29. The van der Waals surface area contributed by atoms with E-state index in [1.54, 1.807) is 19.3 Å². The van der Waals surface area contributed by atoms with Gasteiger partial charge in [-0.25, -0.2) is 9.97 Å². The van der Waals surface area contributed by atoms with Gasteiger partial charge in [0.1, 0.15) is 11.9 Å². The molecule has 2 aromatic heterocycles. The first-order chi connectivity index (χ1) is 10.1. The number of aryl methyl sites for hydroxylation is 1. The molecule has 1 atom stereocenters. The fourth-order valence-electron chi connectivity index (χ4n) is 2.44. The van der Waals surface area contributed by atoms with E-state index in [0.29, 0.717) is 11.6 Å². The summed E-state index contributed by atoms with van der Waals surface area (Å²) in [5.41, 5.74) is 2.87. The van der Waals surface area contributed by atoms with Crippen molar-refractivity contribution in [2.45, 2.75) is 32.2 Å². The van der Waals surface area contributed by atoms with Gasteiger partial charge in [-0.2, -0.15) is 0 Å². The molecule has 0 radical (unpaired) electrons. The van der Waals surface area contributed by atoms with Crippen LogP contribution in [-0.2, 0) is 17.6 Å². The Morgan fingerprint density at radius 2 is 2.24 bits per heavy atom. The molecule has 2 heterocycles. The highest BCUT2D eigenvalue weighted by molar-refractivity contribution is 5.77. The van der Waals surface area contributed by atoms with Gasteiger partial charge in [0.15, 0.2) is 5.82 Å². The van der Waals surface area contributed by atoms with Crippen molar-refractivity contribution >= 4 is 11.8 Å². The summed E-state index contributed by atoms with van der Waals surface area (Å²) in [4.78, 5) is 24.2. The fourth-order valence-corrected chi connectivity index (χ4v) is 2.44. The van der Waals surface area contributed by atoms with E-state index in [9.17, 15) is 4.79 Å². The molecule has 21 heavy (non-hydrogen) atoms. The molecule has 6 nitrogen and oxygen atoms in total. The number of nitrogens with zero attached hydrogens (tertiary/aromatic N) is 3. The maximum Gasteiger partial charge on any atom is 0.325 e. The lowest BCUT2D eigenvalue weighted by Gasteiger charge is -2.14. The quantitative estimate of drug-likeness (QED) is 0.891. The van der Waals surface area contributed by atoms with Crippen molar-refractivity contribution in [3.05, 3.63) is 35.8 Å². The molecule has 108 valence electrons. The number of fused-ring (bicyclic) bond motifs is 1. The molecule has 0 amide bonds. The Kier molecular flexibility index (Phi) is 3.51. The van der Waals surface area contributed by atoms with E-state index in [0.717, 1.165) is 36.1 Å². The summed E-state index contributed by atoms with van der Waals surface area (Å²) < 4.78 is 0. The number of aliphatic carboxylic acids is 1. The maximum atomic E-state index is 11.0. The van der Waals surface area contributed by atoms with Crippen LogP contribution in [0.1, 0.15) is 24.6 Å². The third-order valence-corrected chi connectivity index (χ3v) is 3.58. The number of aromatic nitrogens is 3. The van der Waals surface area contributed by atoms with Crippen LogP contribution in [0.2, 0.25) is 0 Å². The zero-order valence-electron chi connectivity index (χ0n) is 11.7. The molecule has 6 heteroatoms. The van der Waals surface area contributed by atoms with Crippen molar-refractivity contribution in [1.29, 1.82) is 0 Å². The van der Waals surface area contributed by atoms with Crippen LogP contribution in [0, 0.1) is 0 Å². The van der Waals surface area contributed by atoms with Crippen molar-refractivity contribution in [3.8, 4) is 11.4 Å². The minimum Gasteiger partial charge on any atom is -0.480 e. The van der Waals surface area contributed by atoms with Crippen LogP contribution in [0.3, 0.4) is 0 Å². The number of pyridine rings is 1. The highest BCUT2D eigenvalue weighted by Gasteiger charge is 2.22.